The SMILES string of the molecule is CC(C)(CN)C(N)c1cc(Br)ccc1F. The standard InChI is InChI=1S/C11H16BrFN2/c1-11(2,6-14)10(15)8-5-7(12)3-4-9(8)13/h3-5,10H,6,14-15H2,1-2H3. The molecule has 0 spiro atoms. The Bertz CT molecular complexity index is 352. The third kappa shape index (κ3) is 2.77. The van der Waals surface area contributed by atoms with E-state index >= 15 is 0 Å². The minimum atomic E-state index is -0.403. The molecule has 0 amide bonds. The van der Waals surface area contributed by atoms with Gasteiger partial charge >= 0.3 is 0 Å². The smallest absolute Gasteiger partial charge is 0.128 e. The largest absolute Gasteiger partial charge is 0.330 e. The maximum atomic E-state index is 13.5. The summed E-state index contributed by atoms with van der Waals surface area (Å²) in [7, 11) is 0. The van der Waals surface area contributed by atoms with Crippen LogP contribution >= 0.6 is 15.9 Å². The van der Waals surface area contributed by atoms with Crippen molar-refractivity contribution in [1.29, 1.82) is 0 Å². The highest BCUT2D eigenvalue weighted by atomic mass is 79.9. The summed E-state index contributed by atoms with van der Waals surface area (Å²) in [5.41, 5.74) is 11.8. The van der Waals surface area contributed by atoms with E-state index in [1.54, 1.807) is 12.1 Å². The molecule has 0 aliphatic heterocycles. The monoisotopic (exact) mass is 274 g/mol. The predicted molar refractivity (Wildman–Crippen MR) is 63.9 cm³/mol. The van der Waals surface area contributed by atoms with Gasteiger partial charge in [-0.25, -0.2) is 4.39 Å². The van der Waals surface area contributed by atoms with Gasteiger partial charge in [0, 0.05) is 16.1 Å². The van der Waals surface area contributed by atoms with Gasteiger partial charge in [0.15, 0.2) is 0 Å². The van der Waals surface area contributed by atoms with Gasteiger partial charge in [-0.3, -0.25) is 0 Å². The average molecular weight is 275 g/mol. The van der Waals surface area contributed by atoms with Crippen LogP contribution in [-0.2, 0) is 0 Å². The third-order valence-electron chi connectivity index (χ3n) is 2.66. The van der Waals surface area contributed by atoms with Gasteiger partial charge in [-0.1, -0.05) is 29.8 Å². The zero-order chi connectivity index (χ0) is 11.6. The number of halogens is 2. The summed E-state index contributed by atoms with van der Waals surface area (Å²) >= 11 is 3.30. The van der Waals surface area contributed by atoms with Crippen LogP contribution in [0.1, 0.15) is 25.5 Å². The van der Waals surface area contributed by atoms with Crippen molar-refractivity contribution in [3.8, 4) is 0 Å². The predicted octanol–water partition coefficient (Wildman–Crippen LogP) is 2.57. The molecule has 0 saturated heterocycles. The van der Waals surface area contributed by atoms with Gasteiger partial charge in [0.2, 0.25) is 0 Å². The average Bonchev–Trinajstić information content (AvgIpc) is 2.20. The van der Waals surface area contributed by atoms with Crippen LogP contribution in [-0.4, -0.2) is 6.54 Å². The van der Waals surface area contributed by atoms with Gasteiger partial charge < -0.3 is 11.5 Å². The summed E-state index contributed by atoms with van der Waals surface area (Å²) in [6, 6.07) is 4.37. The van der Waals surface area contributed by atoms with Crippen LogP contribution in [0.3, 0.4) is 0 Å². The van der Waals surface area contributed by atoms with Crippen LogP contribution < -0.4 is 11.5 Å². The van der Waals surface area contributed by atoms with Crippen LogP contribution in [0.5, 0.6) is 0 Å². The molecule has 4 N–H and O–H groups in total. The minimum absolute atomic E-state index is 0.285. The molecule has 2 nitrogen and oxygen atoms in total. The van der Waals surface area contributed by atoms with Crippen LogP contribution in [0.25, 0.3) is 0 Å². The van der Waals surface area contributed by atoms with Crippen molar-refractivity contribution >= 4 is 15.9 Å². The Balaban J connectivity index is 3.10. The molecule has 0 fully saturated rings. The lowest BCUT2D eigenvalue weighted by Crippen LogP contribution is -2.36. The van der Waals surface area contributed by atoms with E-state index in [4.69, 9.17) is 11.5 Å². The first-order valence-corrected chi connectivity index (χ1v) is 5.58. The topological polar surface area (TPSA) is 52.0 Å². The van der Waals surface area contributed by atoms with Gasteiger partial charge in [-0.05, 0) is 30.2 Å². The lowest BCUT2D eigenvalue weighted by molar-refractivity contribution is 0.295. The quantitative estimate of drug-likeness (QED) is 0.890. The lowest BCUT2D eigenvalue weighted by atomic mass is 9.81. The second-order valence-electron chi connectivity index (χ2n) is 4.34. The molecule has 1 unspecified atom stereocenters. The highest BCUT2D eigenvalue weighted by molar-refractivity contribution is 9.10. The Morgan fingerprint density at radius 2 is 2.07 bits per heavy atom. The van der Waals surface area contributed by atoms with E-state index in [9.17, 15) is 4.39 Å². The van der Waals surface area contributed by atoms with Crippen molar-refractivity contribution in [3.63, 3.8) is 0 Å². The van der Waals surface area contributed by atoms with E-state index in [1.165, 1.54) is 6.07 Å². The first-order chi connectivity index (χ1) is 6.88. The highest BCUT2D eigenvalue weighted by Crippen LogP contribution is 2.32. The Kier molecular flexibility index (Phi) is 3.87. The second kappa shape index (κ2) is 4.60. The summed E-state index contributed by atoms with van der Waals surface area (Å²) in [6.07, 6.45) is 0. The molecule has 1 atom stereocenters. The van der Waals surface area contributed by atoms with Crippen molar-refractivity contribution < 1.29 is 4.39 Å². The fraction of sp³-hybridized carbons (Fsp3) is 0.455. The maximum Gasteiger partial charge on any atom is 0.128 e. The zero-order valence-electron chi connectivity index (χ0n) is 8.93. The Labute approximate surface area is 98.0 Å². The molecule has 84 valence electrons. The normalized spacial score (nSPS) is 14.0. The zero-order valence-corrected chi connectivity index (χ0v) is 10.5. The molecule has 0 heterocycles. The molecule has 0 bridgehead atoms. The number of hydrogen-bond donors (Lipinski definition) is 2. The summed E-state index contributed by atoms with van der Waals surface area (Å²) in [5, 5.41) is 0. The van der Waals surface area contributed by atoms with Gasteiger partial charge in [0.1, 0.15) is 5.82 Å². The fourth-order valence-corrected chi connectivity index (χ4v) is 1.68. The minimum Gasteiger partial charge on any atom is -0.330 e. The summed E-state index contributed by atoms with van der Waals surface area (Å²) < 4.78 is 14.4. The molecular formula is C11H16BrFN2. The molecule has 1 aromatic rings. The first-order valence-electron chi connectivity index (χ1n) is 4.79. The number of nitrogens with two attached hydrogens (primary N) is 2. The summed E-state index contributed by atoms with van der Waals surface area (Å²) in [6.45, 7) is 4.27. The Morgan fingerprint density at radius 1 is 1.47 bits per heavy atom. The van der Waals surface area contributed by atoms with Gasteiger partial charge in [-0.2, -0.15) is 0 Å². The molecule has 0 aromatic heterocycles. The molecule has 0 saturated carbocycles. The van der Waals surface area contributed by atoms with E-state index in [1.807, 2.05) is 13.8 Å². The van der Waals surface area contributed by atoms with Crippen LogP contribution in [0.4, 0.5) is 4.39 Å². The van der Waals surface area contributed by atoms with Crippen molar-refractivity contribution in [3.05, 3.63) is 34.1 Å². The van der Waals surface area contributed by atoms with Crippen LogP contribution in [0.15, 0.2) is 22.7 Å². The summed E-state index contributed by atoms with van der Waals surface area (Å²) in [4.78, 5) is 0. The van der Waals surface area contributed by atoms with Gasteiger partial charge in [0.25, 0.3) is 0 Å². The second-order valence-corrected chi connectivity index (χ2v) is 5.25. The Hall–Kier alpha value is -0.450. The van der Waals surface area contributed by atoms with Gasteiger partial charge in [0.05, 0.1) is 0 Å². The Morgan fingerprint density at radius 3 is 2.60 bits per heavy atom. The molecule has 1 aromatic carbocycles. The van der Waals surface area contributed by atoms with E-state index in [0.717, 1.165) is 4.47 Å². The molecule has 4 heteroatoms. The molecule has 1 rings (SSSR count). The van der Waals surface area contributed by atoms with Crippen LogP contribution in [0.2, 0.25) is 0 Å². The molecule has 0 radical (unpaired) electrons. The molecule has 0 aliphatic rings. The van der Waals surface area contributed by atoms with E-state index in [0.29, 0.717) is 12.1 Å². The molecular weight excluding hydrogens is 259 g/mol. The third-order valence-corrected chi connectivity index (χ3v) is 3.15. The van der Waals surface area contributed by atoms with Crippen molar-refractivity contribution in [1.82, 2.24) is 0 Å². The van der Waals surface area contributed by atoms with E-state index < -0.39 is 6.04 Å². The van der Waals surface area contributed by atoms with Gasteiger partial charge in [-0.15, -0.1) is 0 Å². The lowest BCUT2D eigenvalue weighted by Gasteiger charge is -2.30. The molecule has 15 heavy (non-hydrogen) atoms. The first kappa shape index (κ1) is 12.6. The van der Waals surface area contributed by atoms with E-state index in [2.05, 4.69) is 15.9 Å². The van der Waals surface area contributed by atoms with Crippen molar-refractivity contribution in [2.45, 2.75) is 19.9 Å². The highest BCUT2D eigenvalue weighted by Gasteiger charge is 2.28. The number of hydrogen-bond acceptors (Lipinski definition) is 2. The maximum absolute atomic E-state index is 13.5. The fourth-order valence-electron chi connectivity index (χ4n) is 1.30. The van der Waals surface area contributed by atoms with E-state index in [-0.39, 0.29) is 11.2 Å². The number of benzene rings is 1. The van der Waals surface area contributed by atoms with Crippen LogP contribution in [0, 0.1) is 11.2 Å². The van der Waals surface area contributed by atoms with Crippen molar-refractivity contribution in [2.24, 2.45) is 16.9 Å². The van der Waals surface area contributed by atoms with Crippen molar-refractivity contribution in [2.75, 3.05) is 6.54 Å². The summed E-state index contributed by atoms with van der Waals surface area (Å²) in [5.74, 6) is -0.285. The number of rotatable bonds is 3. The molecule has 0 aliphatic carbocycles.